The molecule has 2 N–H and O–H groups in total. The summed E-state index contributed by atoms with van der Waals surface area (Å²) in [6, 6.07) is 4.97. The van der Waals surface area contributed by atoms with Crippen LogP contribution in [0.2, 0.25) is 0 Å². The molecule has 2 rings (SSSR count). The molecular weight excluding hydrogens is 154 g/mol. The van der Waals surface area contributed by atoms with Crippen molar-refractivity contribution in [3.05, 3.63) is 30.6 Å². The molecule has 2 aromatic rings. The molecule has 0 saturated heterocycles. The van der Waals surface area contributed by atoms with Crippen molar-refractivity contribution in [2.24, 2.45) is 0 Å². The molecule has 1 aromatic carbocycles. The molecule has 3 nitrogen and oxygen atoms in total. The minimum Gasteiger partial charge on any atom is -0.507 e. The molecule has 0 aliphatic rings. The molecule has 0 aliphatic carbocycles. The van der Waals surface area contributed by atoms with Crippen LogP contribution in [0, 0.1) is 0 Å². The molecule has 0 aliphatic heterocycles. The Kier molecular flexibility index (Phi) is 1.37. The Morgan fingerprint density at radius 1 is 0.917 bits per heavy atom. The predicted molar refractivity (Wildman–Crippen MR) is 45.1 cm³/mol. The Bertz CT molecular complexity index is 385. The number of rotatable bonds is 0. The minimum absolute atomic E-state index is 0.0865. The van der Waals surface area contributed by atoms with Gasteiger partial charge in [-0.1, -0.05) is 12.1 Å². The summed E-state index contributed by atoms with van der Waals surface area (Å²) in [5.41, 5.74) is 0. The molecule has 0 fully saturated rings. The van der Waals surface area contributed by atoms with Gasteiger partial charge < -0.3 is 10.2 Å². The predicted octanol–water partition coefficient (Wildman–Crippen LogP) is 1.65. The van der Waals surface area contributed by atoms with E-state index in [4.69, 9.17) is 0 Å². The third-order valence-corrected chi connectivity index (χ3v) is 1.76. The number of nitrogens with zero attached hydrogens (tertiary/aromatic N) is 1. The molecule has 0 atom stereocenters. The van der Waals surface area contributed by atoms with Crippen molar-refractivity contribution in [1.82, 2.24) is 4.98 Å². The maximum absolute atomic E-state index is 9.34. The van der Waals surface area contributed by atoms with Gasteiger partial charge in [-0.05, 0) is 6.07 Å². The third-order valence-electron chi connectivity index (χ3n) is 1.76. The largest absolute Gasteiger partial charge is 0.507 e. The highest BCUT2D eigenvalue weighted by atomic mass is 16.3. The first kappa shape index (κ1) is 6.91. The molecule has 0 radical (unpaired) electrons. The molecule has 1 aromatic heterocycles. The Balaban J connectivity index is 2.94. The van der Waals surface area contributed by atoms with Crippen LogP contribution in [0.5, 0.6) is 11.5 Å². The average Bonchev–Trinajstić information content (AvgIpc) is 2.07. The molecule has 0 spiro atoms. The van der Waals surface area contributed by atoms with E-state index < -0.39 is 0 Å². The number of benzene rings is 1. The van der Waals surface area contributed by atoms with Gasteiger partial charge in [0.25, 0.3) is 0 Å². The summed E-state index contributed by atoms with van der Waals surface area (Å²) in [6.07, 6.45) is 2.87. The Morgan fingerprint density at radius 3 is 2.50 bits per heavy atom. The highest BCUT2D eigenvalue weighted by molar-refractivity contribution is 5.91. The first-order chi connectivity index (χ1) is 5.79. The van der Waals surface area contributed by atoms with Gasteiger partial charge in [0.1, 0.15) is 11.5 Å². The van der Waals surface area contributed by atoms with Crippen LogP contribution in [-0.2, 0) is 0 Å². The fourth-order valence-corrected chi connectivity index (χ4v) is 1.16. The number of aromatic hydroxyl groups is 2. The Labute approximate surface area is 68.9 Å². The van der Waals surface area contributed by atoms with Crippen LogP contribution >= 0.6 is 0 Å². The van der Waals surface area contributed by atoms with Crippen LogP contribution < -0.4 is 0 Å². The zero-order valence-electron chi connectivity index (χ0n) is 6.23. The maximum atomic E-state index is 9.34. The van der Waals surface area contributed by atoms with Crippen LogP contribution in [-0.4, -0.2) is 15.2 Å². The van der Waals surface area contributed by atoms with E-state index in [1.165, 1.54) is 12.4 Å². The van der Waals surface area contributed by atoms with Crippen molar-refractivity contribution in [1.29, 1.82) is 0 Å². The first-order valence-electron chi connectivity index (χ1n) is 3.53. The molecule has 60 valence electrons. The van der Waals surface area contributed by atoms with E-state index in [9.17, 15) is 10.2 Å². The number of fused-ring (bicyclic) bond motifs is 1. The summed E-state index contributed by atoms with van der Waals surface area (Å²) >= 11 is 0. The van der Waals surface area contributed by atoms with Crippen molar-refractivity contribution < 1.29 is 10.2 Å². The summed E-state index contributed by atoms with van der Waals surface area (Å²) in [7, 11) is 0. The van der Waals surface area contributed by atoms with Gasteiger partial charge in [0.2, 0.25) is 0 Å². The molecular formula is C9H7NO2. The second-order valence-corrected chi connectivity index (χ2v) is 2.53. The third kappa shape index (κ3) is 0.871. The molecule has 3 heteroatoms. The minimum atomic E-state index is 0.0865. The Hall–Kier alpha value is -1.77. The van der Waals surface area contributed by atoms with E-state index in [-0.39, 0.29) is 11.5 Å². The molecule has 0 saturated carbocycles. The van der Waals surface area contributed by atoms with Gasteiger partial charge >= 0.3 is 0 Å². The maximum Gasteiger partial charge on any atom is 0.141 e. The average molecular weight is 161 g/mol. The van der Waals surface area contributed by atoms with Crippen LogP contribution in [0.15, 0.2) is 30.6 Å². The van der Waals surface area contributed by atoms with Gasteiger partial charge in [-0.15, -0.1) is 0 Å². The van der Waals surface area contributed by atoms with Gasteiger partial charge in [0.05, 0.1) is 6.20 Å². The summed E-state index contributed by atoms with van der Waals surface area (Å²) in [4.78, 5) is 3.76. The standard InChI is InChI=1S/C9H7NO2/c11-8-3-1-2-6-7(8)4-10-5-9(6)12/h1-5,11-12H. The smallest absolute Gasteiger partial charge is 0.141 e. The van der Waals surface area contributed by atoms with Crippen LogP contribution in [0.1, 0.15) is 0 Å². The number of phenolic OH excluding ortho intramolecular Hbond substituents is 1. The topological polar surface area (TPSA) is 53.4 Å². The van der Waals surface area contributed by atoms with E-state index in [0.717, 1.165) is 0 Å². The van der Waals surface area contributed by atoms with Gasteiger partial charge in [-0.2, -0.15) is 0 Å². The van der Waals surface area contributed by atoms with E-state index >= 15 is 0 Å². The molecule has 12 heavy (non-hydrogen) atoms. The number of hydrogen-bond donors (Lipinski definition) is 2. The van der Waals surface area contributed by atoms with Crippen molar-refractivity contribution in [2.75, 3.05) is 0 Å². The lowest BCUT2D eigenvalue weighted by molar-refractivity contribution is 0.473. The quantitative estimate of drug-likeness (QED) is 0.617. The first-order valence-corrected chi connectivity index (χ1v) is 3.53. The highest BCUT2D eigenvalue weighted by Gasteiger charge is 2.01. The van der Waals surface area contributed by atoms with Crippen molar-refractivity contribution in [3.63, 3.8) is 0 Å². The highest BCUT2D eigenvalue weighted by Crippen LogP contribution is 2.28. The number of phenols is 1. The number of aromatic nitrogens is 1. The van der Waals surface area contributed by atoms with E-state index in [1.54, 1.807) is 18.2 Å². The fraction of sp³-hybridized carbons (Fsp3) is 0. The van der Waals surface area contributed by atoms with E-state index in [2.05, 4.69) is 4.98 Å². The van der Waals surface area contributed by atoms with Crippen molar-refractivity contribution >= 4 is 10.8 Å². The van der Waals surface area contributed by atoms with Crippen LogP contribution in [0.25, 0.3) is 10.8 Å². The molecule has 0 unspecified atom stereocenters. The molecule has 0 amide bonds. The van der Waals surface area contributed by atoms with E-state index in [1.807, 2.05) is 0 Å². The van der Waals surface area contributed by atoms with Crippen LogP contribution in [0.3, 0.4) is 0 Å². The second kappa shape index (κ2) is 2.37. The summed E-state index contributed by atoms with van der Waals surface area (Å²) in [5.74, 6) is 0.222. The van der Waals surface area contributed by atoms with Crippen molar-refractivity contribution in [2.45, 2.75) is 0 Å². The second-order valence-electron chi connectivity index (χ2n) is 2.53. The van der Waals surface area contributed by atoms with Crippen molar-refractivity contribution in [3.8, 4) is 11.5 Å². The van der Waals surface area contributed by atoms with Gasteiger partial charge in [-0.3, -0.25) is 4.98 Å². The normalized spacial score (nSPS) is 10.3. The van der Waals surface area contributed by atoms with Gasteiger partial charge in [0, 0.05) is 17.0 Å². The summed E-state index contributed by atoms with van der Waals surface area (Å²) < 4.78 is 0. The lowest BCUT2D eigenvalue weighted by Crippen LogP contribution is -1.77. The lowest BCUT2D eigenvalue weighted by atomic mass is 10.1. The lowest BCUT2D eigenvalue weighted by Gasteiger charge is -2.00. The van der Waals surface area contributed by atoms with Gasteiger partial charge in [0.15, 0.2) is 0 Å². The SMILES string of the molecule is Oc1cncc2c(O)cccc12. The zero-order chi connectivity index (χ0) is 8.55. The molecule has 0 bridgehead atoms. The number of hydrogen-bond acceptors (Lipinski definition) is 3. The van der Waals surface area contributed by atoms with E-state index in [0.29, 0.717) is 10.8 Å². The van der Waals surface area contributed by atoms with Crippen LogP contribution in [0.4, 0.5) is 0 Å². The monoisotopic (exact) mass is 161 g/mol. The summed E-state index contributed by atoms with van der Waals surface area (Å²) in [6.45, 7) is 0. The number of pyridine rings is 1. The Morgan fingerprint density at radius 2 is 1.75 bits per heavy atom. The zero-order valence-corrected chi connectivity index (χ0v) is 6.23. The van der Waals surface area contributed by atoms with Gasteiger partial charge in [-0.25, -0.2) is 0 Å². The molecule has 1 heterocycles. The summed E-state index contributed by atoms with van der Waals surface area (Å²) in [5, 5.41) is 19.8. The fourth-order valence-electron chi connectivity index (χ4n) is 1.16.